The van der Waals surface area contributed by atoms with Crippen molar-refractivity contribution in [3.05, 3.63) is 41.2 Å². The zero-order valence-corrected chi connectivity index (χ0v) is 10.1. The van der Waals surface area contributed by atoms with Crippen molar-refractivity contribution in [2.75, 3.05) is 13.4 Å². The van der Waals surface area contributed by atoms with E-state index in [0.29, 0.717) is 0 Å². The standard InChI is InChI=1S/C12H13NO2S/c1-13-11(8-12(14)15-2)9-4-6-10(16-3)7-5-9/h4-7,11H,8H2,2-3H3. The number of hydrogen-bond acceptors (Lipinski definition) is 3. The van der Waals surface area contributed by atoms with E-state index < -0.39 is 6.04 Å². The van der Waals surface area contributed by atoms with Gasteiger partial charge >= 0.3 is 5.97 Å². The number of hydrogen-bond donors (Lipinski definition) is 0. The Kier molecular flexibility index (Phi) is 4.87. The summed E-state index contributed by atoms with van der Waals surface area (Å²) >= 11 is 1.65. The highest BCUT2D eigenvalue weighted by Crippen LogP contribution is 2.24. The molecule has 0 saturated heterocycles. The lowest BCUT2D eigenvalue weighted by Crippen LogP contribution is -2.05. The fraction of sp³-hybridized carbons (Fsp3) is 0.333. The minimum atomic E-state index is -0.441. The molecule has 1 unspecified atom stereocenters. The first-order valence-corrected chi connectivity index (χ1v) is 6.01. The van der Waals surface area contributed by atoms with Gasteiger partial charge in [-0.05, 0) is 18.4 Å². The van der Waals surface area contributed by atoms with Gasteiger partial charge in [-0.1, -0.05) is 12.1 Å². The summed E-state index contributed by atoms with van der Waals surface area (Å²) in [5.41, 5.74) is 0.859. The molecule has 3 nitrogen and oxygen atoms in total. The Labute approximate surface area is 99.6 Å². The lowest BCUT2D eigenvalue weighted by Gasteiger charge is -2.05. The van der Waals surface area contributed by atoms with E-state index in [1.807, 2.05) is 30.5 Å². The first-order valence-electron chi connectivity index (χ1n) is 4.78. The molecule has 0 aliphatic carbocycles. The second kappa shape index (κ2) is 6.19. The number of benzene rings is 1. The Morgan fingerprint density at radius 1 is 1.50 bits per heavy atom. The summed E-state index contributed by atoms with van der Waals surface area (Å²) in [6.07, 6.45) is 2.11. The number of carbonyl (C=O) groups is 1. The average molecular weight is 235 g/mol. The summed E-state index contributed by atoms with van der Waals surface area (Å²) < 4.78 is 4.56. The van der Waals surface area contributed by atoms with Crippen LogP contribution in [0.2, 0.25) is 0 Å². The van der Waals surface area contributed by atoms with Crippen LogP contribution in [-0.4, -0.2) is 19.3 Å². The van der Waals surface area contributed by atoms with Gasteiger partial charge in [0, 0.05) is 10.5 Å². The average Bonchev–Trinajstić information content (AvgIpc) is 2.35. The van der Waals surface area contributed by atoms with Crippen LogP contribution in [0, 0.1) is 6.57 Å². The molecule has 0 amide bonds. The summed E-state index contributed by atoms with van der Waals surface area (Å²) in [7, 11) is 1.33. The van der Waals surface area contributed by atoms with Crippen LogP contribution in [0.15, 0.2) is 29.2 Å². The van der Waals surface area contributed by atoms with Crippen molar-refractivity contribution in [1.82, 2.24) is 0 Å². The van der Waals surface area contributed by atoms with Crippen LogP contribution in [0.4, 0.5) is 0 Å². The molecule has 0 N–H and O–H groups in total. The predicted octanol–water partition coefficient (Wildman–Crippen LogP) is 2.93. The van der Waals surface area contributed by atoms with E-state index in [2.05, 4.69) is 9.58 Å². The summed E-state index contributed by atoms with van der Waals surface area (Å²) in [6, 6.07) is 7.24. The van der Waals surface area contributed by atoms with Crippen molar-refractivity contribution in [3.63, 3.8) is 0 Å². The van der Waals surface area contributed by atoms with Crippen molar-refractivity contribution < 1.29 is 9.53 Å². The van der Waals surface area contributed by atoms with Crippen molar-refractivity contribution in [1.29, 1.82) is 0 Å². The molecular weight excluding hydrogens is 222 g/mol. The maximum absolute atomic E-state index is 11.1. The molecule has 4 heteroatoms. The number of ether oxygens (including phenoxy) is 1. The van der Waals surface area contributed by atoms with E-state index in [0.717, 1.165) is 10.5 Å². The van der Waals surface area contributed by atoms with Gasteiger partial charge in [0.15, 0.2) is 0 Å². The lowest BCUT2D eigenvalue weighted by molar-refractivity contribution is -0.140. The van der Waals surface area contributed by atoms with Crippen molar-refractivity contribution in [2.24, 2.45) is 0 Å². The highest BCUT2D eigenvalue weighted by molar-refractivity contribution is 7.98. The third kappa shape index (κ3) is 3.28. The summed E-state index contributed by atoms with van der Waals surface area (Å²) in [5.74, 6) is -0.352. The van der Waals surface area contributed by atoms with Crippen molar-refractivity contribution in [2.45, 2.75) is 17.4 Å². The molecule has 0 aromatic heterocycles. The maximum Gasteiger partial charge on any atom is 0.313 e. The first kappa shape index (κ1) is 12.6. The summed E-state index contributed by atoms with van der Waals surface area (Å²) in [6.45, 7) is 7.08. The van der Waals surface area contributed by atoms with Crippen LogP contribution in [0.1, 0.15) is 18.0 Å². The van der Waals surface area contributed by atoms with E-state index in [1.54, 1.807) is 11.8 Å². The molecular formula is C12H13NO2S. The van der Waals surface area contributed by atoms with Crippen LogP contribution in [-0.2, 0) is 9.53 Å². The number of thioether (sulfide) groups is 1. The molecule has 0 aliphatic heterocycles. The van der Waals surface area contributed by atoms with Crippen LogP contribution in [0.5, 0.6) is 0 Å². The van der Waals surface area contributed by atoms with Crippen LogP contribution >= 0.6 is 11.8 Å². The second-order valence-electron chi connectivity index (χ2n) is 3.20. The third-order valence-corrected chi connectivity index (χ3v) is 2.99. The third-order valence-electron chi connectivity index (χ3n) is 2.24. The van der Waals surface area contributed by atoms with E-state index in [-0.39, 0.29) is 12.4 Å². The molecule has 0 bridgehead atoms. The van der Waals surface area contributed by atoms with Gasteiger partial charge in [-0.15, -0.1) is 11.8 Å². The quantitative estimate of drug-likeness (QED) is 0.456. The van der Waals surface area contributed by atoms with E-state index >= 15 is 0 Å². The van der Waals surface area contributed by atoms with E-state index in [1.165, 1.54) is 7.11 Å². The lowest BCUT2D eigenvalue weighted by atomic mass is 10.1. The molecule has 16 heavy (non-hydrogen) atoms. The van der Waals surface area contributed by atoms with Crippen LogP contribution in [0.25, 0.3) is 4.85 Å². The largest absolute Gasteiger partial charge is 0.469 e. The molecule has 0 spiro atoms. The number of rotatable bonds is 4. The molecule has 1 atom stereocenters. The van der Waals surface area contributed by atoms with E-state index in [4.69, 9.17) is 6.57 Å². The Balaban J connectivity index is 2.79. The molecule has 1 rings (SSSR count). The smallest absolute Gasteiger partial charge is 0.313 e. The minimum absolute atomic E-state index is 0.110. The van der Waals surface area contributed by atoms with Crippen molar-refractivity contribution >= 4 is 17.7 Å². The van der Waals surface area contributed by atoms with Crippen LogP contribution in [0.3, 0.4) is 0 Å². The molecule has 0 saturated carbocycles. The predicted molar refractivity (Wildman–Crippen MR) is 64.2 cm³/mol. The molecule has 0 heterocycles. The fourth-order valence-electron chi connectivity index (χ4n) is 1.31. The van der Waals surface area contributed by atoms with Gasteiger partial charge in [0.05, 0.1) is 7.11 Å². The highest BCUT2D eigenvalue weighted by atomic mass is 32.2. The Bertz CT molecular complexity index is 394. The van der Waals surface area contributed by atoms with Gasteiger partial charge in [-0.2, -0.15) is 0 Å². The zero-order valence-electron chi connectivity index (χ0n) is 9.27. The Morgan fingerprint density at radius 3 is 2.56 bits per heavy atom. The van der Waals surface area contributed by atoms with Gasteiger partial charge in [0.2, 0.25) is 0 Å². The highest BCUT2D eigenvalue weighted by Gasteiger charge is 2.20. The van der Waals surface area contributed by atoms with Gasteiger partial charge in [0.1, 0.15) is 6.42 Å². The normalized spacial score (nSPS) is 11.6. The summed E-state index contributed by atoms with van der Waals surface area (Å²) in [5, 5.41) is 0. The molecule has 0 radical (unpaired) electrons. The van der Waals surface area contributed by atoms with Gasteiger partial charge in [-0.3, -0.25) is 4.79 Å². The van der Waals surface area contributed by atoms with Crippen molar-refractivity contribution in [3.8, 4) is 0 Å². The SMILES string of the molecule is [C-]#[N+]C(CC(=O)OC)c1ccc(SC)cc1. The molecule has 0 aliphatic rings. The molecule has 0 fully saturated rings. The maximum atomic E-state index is 11.1. The van der Waals surface area contributed by atoms with Crippen LogP contribution < -0.4 is 0 Å². The molecule has 84 valence electrons. The van der Waals surface area contributed by atoms with Gasteiger partial charge < -0.3 is 9.58 Å². The van der Waals surface area contributed by atoms with Gasteiger partial charge in [0.25, 0.3) is 6.04 Å². The minimum Gasteiger partial charge on any atom is -0.469 e. The fourth-order valence-corrected chi connectivity index (χ4v) is 1.71. The number of esters is 1. The number of nitrogens with zero attached hydrogens (tertiary/aromatic N) is 1. The number of carbonyl (C=O) groups excluding carboxylic acids is 1. The zero-order chi connectivity index (χ0) is 12.0. The molecule has 1 aromatic rings. The monoisotopic (exact) mass is 235 g/mol. The molecule has 1 aromatic carbocycles. The number of methoxy groups -OCH3 is 1. The Hall–Kier alpha value is -1.47. The first-order chi connectivity index (χ1) is 7.71. The second-order valence-corrected chi connectivity index (χ2v) is 4.08. The summed E-state index contributed by atoms with van der Waals surface area (Å²) in [4.78, 5) is 15.7. The topological polar surface area (TPSA) is 30.7 Å². The Morgan fingerprint density at radius 2 is 2.12 bits per heavy atom. The van der Waals surface area contributed by atoms with Gasteiger partial charge in [-0.25, -0.2) is 6.57 Å². The van der Waals surface area contributed by atoms with E-state index in [9.17, 15) is 4.79 Å².